The summed E-state index contributed by atoms with van der Waals surface area (Å²) in [5, 5.41) is 2.58. The number of hydrogen-bond acceptors (Lipinski definition) is 4. The summed E-state index contributed by atoms with van der Waals surface area (Å²) in [5.41, 5.74) is 1.10. The van der Waals surface area contributed by atoms with Crippen molar-refractivity contribution < 1.29 is 27.5 Å². The number of methoxy groups -OCH3 is 1. The van der Waals surface area contributed by atoms with E-state index in [1.165, 1.54) is 12.1 Å². The van der Waals surface area contributed by atoms with Crippen LogP contribution in [0, 0.1) is 0 Å². The summed E-state index contributed by atoms with van der Waals surface area (Å²) in [4.78, 5) is 12.2. The number of nitrogens with one attached hydrogen (secondary N) is 1. The second-order valence-electron chi connectivity index (χ2n) is 5.92. The highest BCUT2D eigenvalue weighted by atomic mass is 19.3. The van der Waals surface area contributed by atoms with Gasteiger partial charge in [-0.05, 0) is 48.5 Å². The van der Waals surface area contributed by atoms with Crippen molar-refractivity contribution in [2.75, 3.05) is 12.4 Å². The zero-order valence-electron chi connectivity index (χ0n) is 15.2. The van der Waals surface area contributed by atoms with Crippen molar-refractivity contribution in [3.63, 3.8) is 0 Å². The summed E-state index contributed by atoms with van der Waals surface area (Å²) in [6.07, 6.45) is 0.512. The maximum atomic E-state index is 12.4. The number of alkyl halides is 2. The van der Waals surface area contributed by atoms with Gasteiger partial charge in [-0.25, -0.2) is 0 Å². The fourth-order valence-electron chi connectivity index (χ4n) is 2.64. The number of amides is 1. The molecule has 7 heteroatoms. The molecule has 0 atom stereocenters. The molecule has 0 aliphatic heterocycles. The summed E-state index contributed by atoms with van der Waals surface area (Å²) < 4.78 is 40.2. The van der Waals surface area contributed by atoms with E-state index < -0.39 is 6.61 Å². The summed E-state index contributed by atoms with van der Waals surface area (Å²) >= 11 is 0. The first kappa shape index (κ1) is 19.4. The molecular weight excluding hydrogens is 368 g/mol. The van der Waals surface area contributed by atoms with Crippen LogP contribution >= 0.6 is 0 Å². The van der Waals surface area contributed by atoms with Crippen molar-refractivity contribution in [2.45, 2.75) is 19.5 Å². The maximum Gasteiger partial charge on any atom is 0.387 e. The molecule has 0 bridgehead atoms. The van der Waals surface area contributed by atoms with Gasteiger partial charge in [-0.3, -0.25) is 4.79 Å². The molecule has 5 nitrogen and oxygen atoms in total. The van der Waals surface area contributed by atoms with Gasteiger partial charge in [0.1, 0.15) is 23.0 Å². The molecule has 1 N–H and O–H groups in total. The van der Waals surface area contributed by atoms with Gasteiger partial charge in [0.2, 0.25) is 5.91 Å². The predicted octanol–water partition coefficient (Wildman–Crippen LogP) is 5.13. The number of furan rings is 1. The summed E-state index contributed by atoms with van der Waals surface area (Å²) in [5.74, 6) is 1.69. The number of rotatable bonds is 8. The fraction of sp³-hybridized carbons (Fsp3) is 0.190. The van der Waals surface area contributed by atoms with Crippen LogP contribution in [0.15, 0.2) is 65.1 Å². The number of halogens is 2. The largest absolute Gasteiger partial charge is 0.497 e. The number of benzene rings is 2. The Bertz CT molecular complexity index is 922. The highest BCUT2D eigenvalue weighted by Gasteiger charge is 2.12. The van der Waals surface area contributed by atoms with Crippen LogP contribution in [0.5, 0.6) is 11.5 Å². The molecular formula is C21H19F2NO4. The number of carbonyl (C=O) groups is 1. The Morgan fingerprint density at radius 1 is 1.07 bits per heavy atom. The van der Waals surface area contributed by atoms with E-state index in [-0.39, 0.29) is 23.8 Å². The topological polar surface area (TPSA) is 60.7 Å². The SMILES string of the molecule is COc1ccc(-c2ccc(CCC(=O)Nc3ccccc3OC(F)F)o2)cc1. The second-order valence-corrected chi connectivity index (χ2v) is 5.92. The minimum absolute atomic E-state index is 0.0781. The number of hydrogen-bond donors (Lipinski definition) is 1. The molecule has 0 spiro atoms. The Balaban J connectivity index is 1.57. The number of anilines is 1. The third-order valence-corrected chi connectivity index (χ3v) is 4.01. The van der Waals surface area contributed by atoms with Crippen molar-refractivity contribution in [1.29, 1.82) is 0 Å². The molecule has 1 aromatic heterocycles. The van der Waals surface area contributed by atoms with Crippen LogP contribution in [0.3, 0.4) is 0 Å². The normalized spacial score (nSPS) is 10.7. The lowest BCUT2D eigenvalue weighted by Gasteiger charge is -2.11. The first-order valence-electron chi connectivity index (χ1n) is 8.62. The van der Waals surface area contributed by atoms with Crippen molar-refractivity contribution in [2.24, 2.45) is 0 Å². The van der Waals surface area contributed by atoms with Gasteiger partial charge in [0.25, 0.3) is 0 Å². The molecule has 3 rings (SSSR count). The Morgan fingerprint density at radius 3 is 2.54 bits per heavy atom. The van der Waals surface area contributed by atoms with Gasteiger partial charge in [0.05, 0.1) is 12.8 Å². The predicted molar refractivity (Wildman–Crippen MR) is 101 cm³/mol. The molecule has 0 unspecified atom stereocenters. The van der Waals surface area contributed by atoms with Crippen LogP contribution in [-0.2, 0) is 11.2 Å². The van der Waals surface area contributed by atoms with Gasteiger partial charge >= 0.3 is 6.61 Å². The second kappa shape index (κ2) is 9.03. The molecule has 0 saturated carbocycles. The summed E-state index contributed by atoms with van der Waals surface area (Å²) in [6, 6.07) is 17.1. The molecule has 28 heavy (non-hydrogen) atoms. The fourth-order valence-corrected chi connectivity index (χ4v) is 2.64. The van der Waals surface area contributed by atoms with Crippen molar-refractivity contribution >= 4 is 11.6 Å². The van der Waals surface area contributed by atoms with Crippen LogP contribution in [0.1, 0.15) is 12.2 Å². The Hall–Kier alpha value is -3.35. The van der Waals surface area contributed by atoms with Gasteiger partial charge in [-0.1, -0.05) is 12.1 Å². The summed E-state index contributed by atoms with van der Waals surface area (Å²) in [6.45, 7) is -2.96. The van der Waals surface area contributed by atoms with E-state index >= 15 is 0 Å². The average Bonchev–Trinajstić information content (AvgIpc) is 3.17. The standard InChI is InChI=1S/C21H19F2NO4/c1-26-15-8-6-14(7-9-15)18-12-10-16(27-18)11-13-20(25)24-17-4-2-3-5-19(17)28-21(22)23/h2-10,12,21H,11,13H2,1H3,(H,24,25). The van der Waals surface area contributed by atoms with E-state index in [0.717, 1.165) is 11.3 Å². The molecule has 2 aromatic carbocycles. The molecule has 146 valence electrons. The van der Waals surface area contributed by atoms with Crippen LogP contribution in [0.4, 0.5) is 14.5 Å². The first-order chi connectivity index (χ1) is 13.5. The van der Waals surface area contributed by atoms with Gasteiger partial charge in [-0.2, -0.15) is 8.78 Å². The van der Waals surface area contributed by atoms with Gasteiger partial charge in [0, 0.05) is 18.4 Å². The lowest BCUT2D eigenvalue weighted by atomic mass is 10.2. The van der Waals surface area contributed by atoms with Crippen molar-refractivity contribution in [3.05, 3.63) is 66.4 Å². The summed E-state index contributed by atoms with van der Waals surface area (Å²) in [7, 11) is 1.60. The van der Waals surface area contributed by atoms with Crippen LogP contribution in [-0.4, -0.2) is 19.6 Å². The molecule has 0 aliphatic rings. The van der Waals surface area contributed by atoms with Crippen LogP contribution < -0.4 is 14.8 Å². The molecule has 0 aliphatic carbocycles. The lowest BCUT2D eigenvalue weighted by molar-refractivity contribution is -0.116. The average molecular weight is 387 g/mol. The molecule has 1 amide bonds. The third kappa shape index (κ3) is 5.09. The third-order valence-electron chi connectivity index (χ3n) is 4.01. The van der Waals surface area contributed by atoms with E-state index in [1.54, 1.807) is 25.3 Å². The zero-order chi connectivity index (χ0) is 19.9. The van der Waals surface area contributed by atoms with E-state index in [2.05, 4.69) is 10.1 Å². The minimum Gasteiger partial charge on any atom is -0.497 e. The number of carbonyl (C=O) groups excluding carboxylic acids is 1. The van der Waals surface area contributed by atoms with Gasteiger partial charge in [-0.15, -0.1) is 0 Å². The van der Waals surface area contributed by atoms with Crippen molar-refractivity contribution in [1.82, 2.24) is 0 Å². The monoisotopic (exact) mass is 387 g/mol. The first-order valence-corrected chi connectivity index (χ1v) is 8.62. The van der Waals surface area contributed by atoms with Crippen molar-refractivity contribution in [3.8, 4) is 22.8 Å². The zero-order valence-corrected chi connectivity index (χ0v) is 15.2. The smallest absolute Gasteiger partial charge is 0.387 e. The van der Waals surface area contributed by atoms with E-state index in [9.17, 15) is 13.6 Å². The molecule has 0 saturated heterocycles. The maximum absolute atomic E-state index is 12.4. The lowest BCUT2D eigenvalue weighted by Crippen LogP contribution is -2.14. The highest BCUT2D eigenvalue weighted by Crippen LogP contribution is 2.27. The number of para-hydroxylation sites is 2. The van der Waals surface area contributed by atoms with Crippen LogP contribution in [0.2, 0.25) is 0 Å². The molecule has 0 fully saturated rings. The Morgan fingerprint density at radius 2 is 1.82 bits per heavy atom. The van der Waals surface area contributed by atoms with Gasteiger partial charge < -0.3 is 19.2 Å². The van der Waals surface area contributed by atoms with Gasteiger partial charge in [0.15, 0.2) is 0 Å². The molecule has 1 heterocycles. The number of ether oxygens (including phenoxy) is 2. The van der Waals surface area contributed by atoms with Crippen LogP contribution in [0.25, 0.3) is 11.3 Å². The van der Waals surface area contributed by atoms with E-state index in [4.69, 9.17) is 9.15 Å². The Kier molecular flexibility index (Phi) is 6.26. The highest BCUT2D eigenvalue weighted by molar-refractivity contribution is 5.92. The Labute approximate surface area is 160 Å². The quantitative estimate of drug-likeness (QED) is 0.582. The molecule has 0 radical (unpaired) electrons. The minimum atomic E-state index is -2.96. The number of aryl methyl sites for hydroxylation is 1. The van der Waals surface area contributed by atoms with E-state index in [1.807, 2.05) is 30.3 Å². The molecule has 3 aromatic rings. The van der Waals surface area contributed by atoms with E-state index in [0.29, 0.717) is 17.9 Å².